The number of carbonyl (C=O) groups excluding carboxylic acids is 1. The van der Waals surface area contributed by atoms with E-state index in [9.17, 15) is 4.79 Å². The molecule has 0 aliphatic carbocycles. The van der Waals surface area contributed by atoms with Crippen LogP contribution in [0.25, 0.3) is 10.2 Å². The predicted octanol–water partition coefficient (Wildman–Crippen LogP) is 3.06. The second-order valence-corrected chi connectivity index (χ2v) is 7.77. The molecular formula is C17H21N5O2S2. The molecule has 0 fully saturated rings. The second kappa shape index (κ2) is 8.07. The summed E-state index contributed by atoms with van der Waals surface area (Å²) < 4.78 is 10.4. The van der Waals surface area contributed by atoms with Crippen LogP contribution in [0.15, 0.2) is 18.2 Å². The van der Waals surface area contributed by atoms with E-state index < -0.39 is 0 Å². The van der Waals surface area contributed by atoms with Crippen LogP contribution in [0.4, 0.5) is 5.13 Å². The largest absolute Gasteiger partial charge is 0.494 e. The zero-order valence-corrected chi connectivity index (χ0v) is 16.9. The SMILES string of the molecule is CCOc1ccc2nc(N(CCN(C)C)C(=O)c3snnc3C)sc2c1. The molecule has 0 saturated carbocycles. The van der Waals surface area contributed by atoms with Crippen LogP contribution < -0.4 is 9.64 Å². The average molecular weight is 392 g/mol. The summed E-state index contributed by atoms with van der Waals surface area (Å²) in [5.41, 5.74) is 1.50. The summed E-state index contributed by atoms with van der Waals surface area (Å²) in [6.07, 6.45) is 0. The smallest absolute Gasteiger partial charge is 0.273 e. The first kappa shape index (κ1) is 18.7. The van der Waals surface area contributed by atoms with Crippen molar-refractivity contribution >= 4 is 44.1 Å². The van der Waals surface area contributed by atoms with Gasteiger partial charge in [0.2, 0.25) is 0 Å². The lowest BCUT2D eigenvalue weighted by atomic mass is 10.3. The van der Waals surface area contributed by atoms with Gasteiger partial charge in [-0.25, -0.2) is 4.98 Å². The number of thiazole rings is 1. The number of hydrogen-bond donors (Lipinski definition) is 0. The molecule has 7 nitrogen and oxygen atoms in total. The molecule has 0 N–H and O–H groups in total. The Labute approximate surface area is 160 Å². The molecule has 0 spiro atoms. The molecule has 0 unspecified atom stereocenters. The van der Waals surface area contributed by atoms with Crippen LogP contribution in [-0.2, 0) is 0 Å². The van der Waals surface area contributed by atoms with Crippen LogP contribution in [0.2, 0.25) is 0 Å². The lowest BCUT2D eigenvalue weighted by Crippen LogP contribution is -2.36. The number of likely N-dealkylation sites (N-methyl/N-ethyl adjacent to an activating group) is 1. The molecule has 0 radical (unpaired) electrons. The number of nitrogens with zero attached hydrogens (tertiary/aromatic N) is 5. The predicted molar refractivity (Wildman–Crippen MR) is 106 cm³/mol. The Morgan fingerprint density at radius 2 is 2.08 bits per heavy atom. The number of benzene rings is 1. The van der Waals surface area contributed by atoms with Crippen molar-refractivity contribution in [2.45, 2.75) is 13.8 Å². The van der Waals surface area contributed by atoms with E-state index in [1.807, 2.05) is 44.1 Å². The molecule has 9 heteroatoms. The monoisotopic (exact) mass is 391 g/mol. The molecule has 0 bridgehead atoms. The van der Waals surface area contributed by atoms with Crippen molar-refractivity contribution in [2.75, 3.05) is 38.7 Å². The molecule has 3 aromatic rings. The van der Waals surface area contributed by atoms with E-state index in [1.54, 1.807) is 11.8 Å². The minimum atomic E-state index is -0.108. The van der Waals surface area contributed by atoms with Crippen molar-refractivity contribution in [3.05, 3.63) is 28.8 Å². The minimum Gasteiger partial charge on any atom is -0.494 e. The van der Waals surface area contributed by atoms with Crippen molar-refractivity contribution in [3.63, 3.8) is 0 Å². The first-order valence-electron chi connectivity index (χ1n) is 8.28. The lowest BCUT2D eigenvalue weighted by molar-refractivity contribution is 0.0988. The number of aryl methyl sites for hydroxylation is 1. The highest BCUT2D eigenvalue weighted by Gasteiger charge is 2.25. The fourth-order valence-corrected chi connectivity index (χ4v) is 4.02. The van der Waals surface area contributed by atoms with Gasteiger partial charge in [-0.2, -0.15) is 0 Å². The maximum atomic E-state index is 13.1. The highest BCUT2D eigenvalue weighted by atomic mass is 32.1. The van der Waals surface area contributed by atoms with Gasteiger partial charge < -0.3 is 9.64 Å². The van der Waals surface area contributed by atoms with Gasteiger partial charge in [-0.15, -0.1) is 5.10 Å². The highest BCUT2D eigenvalue weighted by molar-refractivity contribution is 7.22. The number of fused-ring (bicyclic) bond motifs is 1. The van der Waals surface area contributed by atoms with Gasteiger partial charge in [-0.3, -0.25) is 9.69 Å². The first-order chi connectivity index (χ1) is 12.5. The van der Waals surface area contributed by atoms with Gasteiger partial charge in [0.25, 0.3) is 5.91 Å². The Bertz CT molecular complexity index is 906. The minimum absolute atomic E-state index is 0.108. The Morgan fingerprint density at radius 3 is 2.73 bits per heavy atom. The molecule has 3 rings (SSSR count). The maximum absolute atomic E-state index is 13.1. The van der Waals surface area contributed by atoms with E-state index in [2.05, 4.69) is 14.6 Å². The van der Waals surface area contributed by atoms with E-state index in [-0.39, 0.29) is 5.91 Å². The van der Waals surface area contributed by atoms with Crippen LogP contribution >= 0.6 is 22.9 Å². The molecule has 2 heterocycles. The van der Waals surface area contributed by atoms with Gasteiger partial charge >= 0.3 is 0 Å². The Hall–Kier alpha value is -2.10. The van der Waals surface area contributed by atoms with Crippen LogP contribution in [-0.4, -0.2) is 59.2 Å². The number of aromatic nitrogens is 3. The highest BCUT2D eigenvalue weighted by Crippen LogP contribution is 2.32. The number of ether oxygens (including phenoxy) is 1. The summed E-state index contributed by atoms with van der Waals surface area (Å²) in [7, 11) is 3.96. The molecule has 0 aliphatic heterocycles. The molecule has 0 aliphatic rings. The Balaban J connectivity index is 1.96. The third-order valence-corrected chi connectivity index (χ3v) is 5.61. The fraction of sp³-hybridized carbons (Fsp3) is 0.412. The van der Waals surface area contributed by atoms with Crippen LogP contribution in [0.5, 0.6) is 5.75 Å². The molecule has 0 atom stereocenters. The van der Waals surface area contributed by atoms with E-state index in [0.717, 1.165) is 34.0 Å². The van der Waals surface area contributed by atoms with Gasteiger partial charge in [0.15, 0.2) is 5.13 Å². The van der Waals surface area contributed by atoms with Crippen molar-refractivity contribution in [1.29, 1.82) is 0 Å². The number of carbonyl (C=O) groups is 1. The standard InChI is InChI=1S/C17H21N5O2S2/c1-5-24-12-6-7-13-14(10-12)25-17(18-13)22(9-8-21(3)4)16(23)15-11(2)19-20-26-15/h6-7,10H,5,8-9H2,1-4H3. The average Bonchev–Trinajstić information content (AvgIpc) is 3.20. The third kappa shape index (κ3) is 4.00. The number of anilines is 1. The summed E-state index contributed by atoms with van der Waals surface area (Å²) in [6, 6.07) is 5.79. The van der Waals surface area contributed by atoms with Gasteiger partial charge in [0.1, 0.15) is 10.6 Å². The zero-order valence-electron chi connectivity index (χ0n) is 15.2. The van der Waals surface area contributed by atoms with E-state index in [0.29, 0.717) is 28.9 Å². The summed E-state index contributed by atoms with van der Waals surface area (Å²) in [4.78, 5) is 22.0. The van der Waals surface area contributed by atoms with Crippen molar-refractivity contribution in [1.82, 2.24) is 19.5 Å². The molecule has 1 aromatic carbocycles. The first-order valence-corrected chi connectivity index (χ1v) is 9.87. The molecule has 0 saturated heterocycles. The number of rotatable bonds is 7. The van der Waals surface area contributed by atoms with Crippen molar-refractivity contribution in [3.8, 4) is 5.75 Å². The van der Waals surface area contributed by atoms with Gasteiger partial charge in [-0.05, 0) is 57.7 Å². The zero-order chi connectivity index (χ0) is 18.7. The van der Waals surface area contributed by atoms with Crippen molar-refractivity contribution in [2.24, 2.45) is 0 Å². The topological polar surface area (TPSA) is 71.5 Å². The summed E-state index contributed by atoms with van der Waals surface area (Å²) in [6.45, 7) is 5.64. The Kier molecular flexibility index (Phi) is 5.80. The molecular weight excluding hydrogens is 370 g/mol. The quantitative estimate of drug-likeness (QED) is 0.616. The molecule has 26 heavy (non-hydrogen) atoms. The summed E-state index contributed by atoms with van der Waals surface area (Å²) >= 11 is 2.61. The summed E-state index contributed by atoms with van der Waals surface area (Å²) in [5.74, 6) is 0.701. The normalized spacial score (nSPS) is 11.3. The third-order valence-electron chi connectivity index (χ3n) is 3.75. The van der Waals surface area contributed by atoms with Crippen molar-refractivity contribution < 1.29 is 9.53 Å². The van der Waals surface area contributed by atoms with Gasteiger partial charge in [0, 0.05) is 13.1 Å². The number of hydrogen-bond acceptors (Lipinski definition) is 8. The summed E-state index contributed by atoms with van der Waals surface area (Å²) in [5, 5.41) is 4.64. The fourth-order valence-electron chi connectivity index (χ4n) is 2.40. The molecule has 1 amide bonds. The maximum Gasteiger partial charge on any atom is 0.273 e. The Morgan fingerprint density at radius 1 is 1.27 bits per heavy atom. The van der Waals surface area contributed by atoms with Gasteiger partial charge in [0.05, 0.1) is 22.5 Å². The van der Waals surface area contributed by atoms with Crippen LogP contribution in [0.1, 0.15) is 22.3 Å². The van der Waals surface area contributed by atoms with Crippen LogP contribution in [0.3, 0.4) is 0 Å². The van der Waals surface area contributed by atoms with Gasteiger partial charge in [-0.1, -0.05) is 15.8 Å². The molecule has 138 valence electrons. The van der Waals surface area contributed by atoms with E-state index >= 15 is 0 Å². The second-order valence-electron chi connectivity index (χ2n) is 6.01. The van der Waals surface area contributed by atoms with E-state index in [1.165, 1.54) is 11.3 Å². The lowest BCUT2D eigenvalue weighted by Gasteiger charge is -2.21. The number of amides is 1. The van der Waals surface area contributed by atoms with Crippen LogP contribution in [0, 0.1) is 6.92 Å². The van der Waals surface area contributed by atoms with E-state index in [4.69, 9.17) is 4.74 Å². The molecule has 2 aromatic heterocycles.